The maximum atomic E-state index is 11.8. The summed E-state index contributed by atoms with van der Waals surface area (Å²) < 4.78 is 21.0. The molecular formula is C16H22O9. The number of ether oxygens (including phenoxy) is 4. The summed E-state index contributed by atoms with van der Waals surface area (Å²) in [6.07, 6.45) is -6.20. The van der Waals surface area contributed by atoms with Gasteiger partial charge >= 0.3 is 0 Å². The lowest BCUT2D eigenvalue weighted by Gasteiger charge is -2.41. The van der Waals surface area contributed by atoms with Crippen molar-refractivity contribution in [2.75, 3.05) is 20.8 Å². The molecular weight excluding hydrogens is 336 g/mol. The number of hydrogen-bond donors (Lipinski definition) is 4. The van der Waals surface area contributed by atoms with Gasteiger partial charge in [-0.05, 0) is 6.92 Å². The Kier molecular flexibility index (Phi) is 6.20. The molecule has 1 heterocycles. The molecule has 140 valence electrons. The lowest BCUT2D eigenvalue weighted by atomic mass is 9.99. The summed E-state index contributed by atoms with van der Waals surface area (Å²) in [6, 6.07) is 2.59. The van der Waals surface area contributed by atoms with E-state index in [1.807, 2.05) is 0 Å². The van der Waals surface area contributed by atoms with Crippen LogP contribution in [0.4, 0.5) is 0 Å². The fourth-order valence-electron chi connectivity index (χ4n) is 2.71. The Balaban J connectivity index is 2.35. The first-order valence-corrected chi connectivity index (χ1v) is 7.57. The Morgan fingerprint density at radius 1 is 1.24 bits per heavy atom. The third-order valence-electron chi connectivity index (χ3n) is 3.98. The Morgan fingerprint density at radius 3 is 2.44 bits per heavy atom. The molecule has 1 aliphatic rings. The smallest absolute Gasteiger partial charge is 0.229 e. The molecule has 0 aromatic heterocycles. The number of carbonyl (C=O) groups excluding carboxylic acids is 1. The average Bonchev–Trinajstić information content (AvgIpc) is 2.57. The van der Waals surface area contributed by atoms with Gasteiger partial charge in [-0.1, -0.05) is 0 Å². The summed E-state index contributed by atoms with van der Waals surface area (Å²) in [4.78, 5) is 11.8. The van der Waals surface area contributed by atoms with Crippen LogP contribution in [0.5, 0.6) is 17.2 Å². The van der Waals surface area contributed by atoms with Crippen LogP contribution in [0.25, 0.3) is 0 Å². The molecule has 0 unspecified atom stereocenters. The summed E-state index contributed by atoms with van der Waals surface area (Å²) in [5, 5.41) is 39.7. The van der Waals surface area contributed by atoms with E-state index in [0.717, 1.165) is 0 Å². The first kappa shape index (κ1) is 19.4. The molecule has 0 aliphatic carbocycles. The van der Waals surface area contributed by atoms with E-state index in [0.29, 0.717) is 0 Å². The molecule has 0 spiro atoms. The molecule has 0 radical (unpaired) electrons. The van der Waals surface area contributed by atoms with Gasteiger partial charge in [0.25, 0.3) is 0 Å². The molecule has 9 heteroatoms. The Labute approximate surface area is 144 Å². The SMILES string of the molecule is COc1cc(O)c(C(C)=O)c(O[C@@H]2O[C@H](CO)[C@@H](OC)[C@H](O)[C@H]2O)c1. The average molecular weight is 358 g/mol. The monoisotopic (exact) mass is 358 g/mol. The van der Waals surface area contributed by atoms with Gasteiger partial charge in [0.2, 0.25) is 6.29 Å². The zero-order valence-corrected chi connectivity index (χ0v) is 14.1. The summed E-state index contributed by atoms with van der Waals surface area (Å²) in [6.45, 7) is 0.754. The van der Waals surface area contributed by atoms with E-state index >= 15 is 0 Å². The molecule has 1 aliphatic heterocycles. The van der Waals surface area contributed by atoms with Crippen molar-refractivity contribution in [1.29, 1.82) is 0 Å². The number of benzene rings is 1. The second-order valence-electron chi connectivity index (χ2n) is 5.60. The minimum Gasteiger partial charge on any atom is -0.507 e. The van der Waals surface area contributed by atoms with Crippen LogP contribution in [-0.2, 0) is 9.47 Å². The Hall–Kier alpha value is -1.91. The molecule has 1 aromatic rings. The van der Waals surface area contributed by atoms with Crippen LogP contribution in [0, 0.1) is 0 Å². The van der Waals surface area contributed by atoms with Gasteiger partial charge in [-0.15, -0.1) is 0 Å². The number of ketones is 1. The van der Waals surface area contributed by atoms with Crippen LogP contribution in [0.3, 0.4) is 0 Å². The number of hydrogen-bond acceptors (Lipinski definition) is 9. The minimum absolute atomic E-state index is 0.0897. The van der Waals surface area contributed by atoms with Gasteiger partial charge in [0, 0.05) is 19.2 Å². The van der Waals surface area contributed by atoms with Crippen molar-refractivity contribution in [3.63, 3.8) is 0 Å². The summed E-state index contributed by atoms with van der Waals surface area (Å²) in [5.41, 5.74) is -0.125. The van der Waals surface area contributed by atoms with Crippen molar-refractivity contribution < 1.29 is 44.2 Å². The number of aliphatic hydroxyl groups excluding tert-OH is 3. The molecule has 9 nitrogen and oxygen atoms in total. The molecule has 1 fully saturated rings. The standard InChI is InChI=1S/C16H22O9/c1-7(18)12-9(19)4-8(22-2)5-10(12)24-16-14(21)13(20)15(23-3)11(6-17)25-16/h4-5,11,13-17,19-21H,6H2,1-3H3/t11-,13-,14-,15-,16-/m1/s1. The number of aliphatic hydroxyl groups is 3. The van der Waals surface area contributed by atoms with Gasteiger partial charge < -0.3 is 39.4 Å². The van der Waals surface area contributed by atoms with E-state index in [2.05, 4.69) is 0 Å². The van der Waals surface area contributed by atoms with E-state index in [1.165, 1.54) is 33.3 Å². The Bertz CT molecular complexity index is 616. The summed E-state index contributed by atoms with van der Waals surface area (Å²) in [5.74, 6) is -0.708. The van der Waals surface area contributed by atoms with Crippen LogP contribution in [-0.4, -0.2) is 77.7 Å². The highest BCUT2D eigenvalue weighted by atomic mass is 16.7. The molecule has 5 atom stereocenters. The molecule has 1 aromatic carbocycles. The zero-order valence-electron chi connectivity index (χ0n) is 14.1. The first-order chi connectivity index (χ1) is 11.8. The van der Waals surface area contributed by atoms with Crippen molar-refractivity contribution >= 4 is 5.78 Å². The highest BCUT2D eigenvalue weighted by Crippen LogP contribution is 2.36. The maximum Gasteiger partial charge on any atom is 0.229 e. The van der Waals surface area contributed by atoms with Crippen molar-refractivity contribution in [2.24, 2.45) is 0 Å². The summed E-state index contributed by atoms with van der Waals surface area (Å²) in [7, 11) is 2.68. The second kappa shape index (κ2) is 7.98. The van der Waals surface area contributed by atoms with Crippen molar-refractivity contribution in [3.8, 4) is 17.2 Å². The fraction of sp³-hybridized carbons (Fsp3) is 0.562. The number of phenolic OH excluding ortho intramolecular Hbond substituents is 1. The van der Waals surface area contributed by atoms with Crippen molar-refractivity contribution in [1.82, 2.24) is 0 Å². The fourth-order valence-corrected chi connectivity index (χ4v) is 2.71. The van der Waals surface area contributed by atoms with Gasteiger partial charge in [-0.2, -0.15) is 0 Å². The van der Waals surface area contributed by atoms with Gasteiger partial charge in [-0.25, -0.2) is 0 Å². The number of rotatable bonds is 6. The number of Topliss-reactive ketones (excluding diaryl/α,β-unsaturated/α-hetero) is 1. The number of aromatic hydroxyl groups is 1. The molecule has 1 saturated heterocycles. The van der Waals surface area contributed by atoms with Gasteiger partial charge in [0.05, 0.1) is 13.7 Å². The topological polar surface area (TPSA) is 135 Å². The maximum absolute atomic E-state index is 11.8. The van der Waals surface area contributed by atoms with E-state index < -0.39 is 43.1 Å². The Morgan fingerprint density at radius 2 is 1.92 bits per heavy atom. The molecule has 4 N–H and O–H groups in total. The normalized spacial score (nSPS) is 29.3. The van der Waals surface area contributed by atoms with E-state index in [9.17, 15) is 25.2 Å². The van der Waals surface area contributed by atoms with Gasteiger partial charge in [-0.3, -0.25) is 4.79 Å². The lowest BCUT2D eigenvalue weighted by Crippen LogP contribution is -2.60. The van der Waals surface area contributed by atoms with Crippen LogP contribution < -0.4 is 9.47 Å². The highest BCUT2D eigenvalue weighted by molar-refractivity contribution is 5.99. The van der Waals surface area contributed by atoms with E-state index in [-0.39, 0.29) is 22.8 Å². The van der Waals surface area contributed by atoms with Crippen molar-refractivity contribution in [2.45, 2.75) is 37.6 Å². The third kappa shape index (κ3) is 3.86. The first-order valence-electron chi connectivity index (χ1n) is 7.57. The lowest BCUT2D eigenvalue weighted by molar-refractivity contribution is -0.281. The molecule has 25 heavy (non-hydrogen) atoms. The van der Waals surface area contributed by atoms with Crippen LogP contribution in [0.2, 0.25) is 0 Å². The third-order valence-corrected chi connectivity index (χ3v) is 3.98. The molecule has 0 saturated carbocycles. The van der Waals surface area contributed by atoms with Crippen LogP contribution >= 0.6 is 0 Å². The highest BCUT2D eigenvalue weighted by Gasteiger charge is 2.46. The van der Waals surface area contributed by atoms with Crippen LogP contribution in [0.15, 0.2) is 12.1 Å². The van der Waals surface area contributed by atoms with Gasteiger partial charge in [0.1, 0.15) is 47.2 Å². The quantitative estimate of drug-likeness (QED) is 0.493. The zero-order chi connectivity index (χ0) is 18.7. The second-order valence-corrected chi connectivity index (χ2v) is 5.60. The van der Waals surface area contributed by atoms with E-state index in [1.54, 1.807) is 0 Å². The minimum atomic E-state index is -1.51. The predicted octanol–water partition coefficient (Wildman–Crippen LogP) is -0.564. The van der Waals surface area contributed by atoms with Crippen LogP contribution in [0.1, 0.15) is 17.3 Å². The predicted molar refractivity (Wildman–Crippen MR) is 83.8 cm³/mol. The molecule has 2 rings (SSSR count). The largest absolute Gasteiger partial charge is 0.507 e. The molecule has 0 amide bonds. The number of methoxy groups -OCH3 is 2. The number of phenols is 1. The van der Waals surface area contributed by atoms with Gasteiger partial charge in [0.15, 0.2) is 5.78 Å². The molecule has 0 bridgehead atoms. The van der Waals surface area contributed by atoms with Crippen molar-refractivity contribution in [3.05, 3.63) is 17.7 Å². The number of carbonyl (C=O) groups is 1. The van der Waals surface area contributed by atoms with E-state index in [4.69, 9.17) is 18.9 Å². The summed E-state index contributed by atoms with van der Waals surface area (Å²) >= 11 is 0.